The first kappa shape index (κ1) is 23.3. The number of nitrogens with zero attached hydrogens (tertiary/aromatic N) is 2. The highest BCUT2D eigenvalue weighted by molar-refractivity contribution is 5.92. The zero-order chi connectivity index (χ0) is 23.8. The van der Waals surface area contributed by atoms with Gasteiger partial charge in [0, 0.05) is 35.7 Å². The monoisotopic (exact) mass is 451 g/mol. The van der Waals surface area contributed by atoms with Crippen molar-refractivity contribution in [2.24, 2.45) is 13.0 Å². The Bertz CT molecular complexity index is 1230. The molecule has 1 heterocycles. The molecule has 3 unspecified atom stereocenters. The zero-order valence-electron chi connectivity index (χ0n) is 17.2. The van der Waals surface area contributed by atoms with Crippen LogP contribution in [0.15, 0.2) is 60.0 Å². The normalized spacial score (nSPS) is 15.7. The minimum Gasteiger partial charge on any atom is -0.507 e. The molecule has 3 aromatic rings. The standard InChI is InChI=1S/C22H21F4N3O3/c1-4-12(2)21(32,22(24,25)26)19(15-9-8-13(23)10-18(15)30)28-17-7-5-6-14-16(17)11-27-29(3)20(14)31/h4-12,19,28,30,32H,1H2,2-3H3. The molecule has 3 rings (SSSR count). The van der Waals surface area contributed by atoms with E-state index in [0.29, 0.717) is 6.07 Å². The molecule has 0 radical (unpaired) electrons. The fraction of sp³-hybridized carbons (Fsp3) is 0.273. The van der Waals surface area contributed by atoms with Crippen molar-refractivity contribution in [3.05, 3.63) is 77.0 Å². The summed E-state index contributed by atoms with van der Waals surface area (Å²) in [5, 5.41) is 28.2. The van der Waals surface area contributed by atoms with Crippen LogP contribution >= 0.6 is 0 Å². The van der Waals surface area contributed by atoms with Gasteiger partial charge in [0.25, 0.3) is 5.56 Å². The molecule has 0 aliphatic heterocycles. The molecule has 0 aliphatic carbocycles. The Morgan fingerprint density at radius 1 is 1.22 bits per heavy atom. The van der Waals surface area contributed by atoms with Crippen molar-refractivity contribution in [2.45, 2.75) is 24.7 Å². The number of aromatic hydroxyl groups is 1. The number of alkyl halides is 3. The number of aromatic nitrogens is 2. The van der Waals surface area contributed by atoms with Gasteiger partial charge in [-0.25, -0.2) is 9.07 Å². The number of hydrogen-bond acceptors (Lipinski definition) is 5. The summed E-state index contributed by atoms with van der Waals surface area (Å²) >= 11 is 0. The van der Waals surface area contributed by atoms with Crippen molar-refractivity contribution in [2.75, 3.05) is 5.32 Å². The van der Waals surface area contributed by atoms with Crippen LogP contribution in [0.2, 0.25) is 0 Å². The third-order valence-electron chi connectivity index (χ3n) is 5.54. The van der Waals surface area contributed by atoms with Gasteiger partial charge in [-0.1, -0.05) is 25.1 Å². The number of rotatable bonds is 6. The molecule has 0 aliphatic rings. The van der Waals surface area contributed by atoms with E-state index in [2.05, 4.69) is 17.0 Å². The predicted molar refractivity (Wildman–Crippen MR) is 112 cm³/mol. The number of aliphatic hydroxyl groups is 1. The van der Waals surface area contributed by atoms with Gasteiger partial charge < -0.3 is 15.5 Å². The van der Waals surface area contributed by atoms with E-state index in [0.717, 1.165) is 29.8 Å². The van der Waals surface area contributed by atoms with Crippen molar-refractivity contribution < 1.29 is 27.8 Å². The van der Waals surface area contributed by atoms with Gasteiger partial charge in [-0.05, 0) is 18.2 Å². The van der Waals surface area contributed by atoms with E-state index in [1.165, 1.54) is 31.4 Å². The molecule has 32 heavy (non-hydrogen) atoms. The van der Waals surface area contributed by atoms with Crippen LogP contribution in [0.3, 0.4) is 0 Å². The summed E-state index contributed by atoms with van der Waals surface area (Å²) in [4.78, 5) is 12.4. The first-order valence-electron chi connectivity index (χ1n) is 9.53. The highest BCUT2D eigenvalue weighted by Gasteiger charge is 2.62. The molecule has 0 saturated heterocycles. The molecule has 3 N–H and O–H groups in total. The number of phenols is 1. The Labute approximate surface area is 180 Å². The van der Waals surface area contributed by atoms with Crippen molar-refractivity contribution in [3.63, 3.8) is 0 Å². The SMILES string of the molecule is C=CC(C)C(O)(C(Nc1cccc2c(=O)n(C)ncc12)c1ccc(F)cc1O)C(F)(F)F. The number of halogens is 4. The average molecular weight is 451 g/mol. The summed E-state index contributed by atoms with van der Waals surface area (Å²) in [6.45, 7) is 4.49. The largest absolute Gasteiger partial charge is 0.507 e. The predicted octanol–water partition coefficient (Wildman–Crippen LogP) is 4.05. The van der Waals surface area contributed by atoms with Gasteiger partial charge in [0.05, 0.1) is 17.6 Å². The summed E-state index contributed by atoms with van der Waals surface area (Å²) in [6.07, 6.45) is -2.95. The molecule has 0 spiro atoms. The topological polar surface area (TPSA) is 87.4 Å². The van der Waals surface area contributed by atoms with Crippen LogP contribution < -0.4 is 10.9 Å². The van der Waals surface area contributed by atoms with E-state index in [4.69, 9.17) is 0 Å². The van der Waals surface area contributed by atoms with Crippen LogP contribution in [-0.4, -0.2) is 31.8 Å². The number of phenolic OH excluding ortho intramolecular Hbond substituents is 1. The average Bonchev–Trinajstić information content (AvgIpc) is 2.73. The number of nitrogens with one attached hydrogen (secondary N) is 1. The van der Waals surface area contributed by atoms with Crippen molar-refractivity contribution >= 4 is 16.5 Å². The Morgan fingerprint density at radius 2 is 1.91 bits per heavy atom. The van der Waals surface area contributed by atoms with Crippen molar-refractivity contribution in [3.8, 4) is 5.75 Å². The Morgan fingerprint density at radius 3 is 2.50 bits per heavy atom. The quantitative estimate of drug-likeness (QED) is 0.389. The third-order valence-corrected chi connectivity index (χ3v) is 5.54. The number of aryl methyl sites for hydroxylation is 1. The maximum atomic E-state index is 14.3. The summed E-state index contributed by atoms with van der Waals surface area (Å²) in [7, 11) is 1.43. The molecule has 0 saturated carbocycles. The number of anilines is 1. The summed E-state index contributed by atoms with van der Waals surface area (Å²) < 4.78 is 57.4. The molecular weight excluding hydrogens is 430 g/mol. The van der Waals surface area contributed by atoms with Crippen LogP contribution in [0.4, 0.5) is 23.2 Å². The third kappa shape index (κ3) is 3.81. The first-order chi connectivity index (χ1) is 14.9. The van der Waals surface area contributed by atoms with Gasteiger partial charge in [-0.2, -0.15) is 18.3 Å². The molecule has 2 aromatic carbocycles. The second-order valence-electron chi connectivity index (χ2n) is 7.47. The molecule has 6 nitrogen and oxygen atoms in total. The Hall–Kier alpha value is -3.40. The lowest BCUT2D eigenvalue weighted by Gasteiger charge is -2.42. The molecule has 170 valence electrons. The molecular formula is C22H21F4N3O3. The maximum absolute atomic E-state index is 14.3. The lowest BCUT2D eigenvalue weighted by atomic mass is 9.77. The van der Waals surface area contributed by atoms with E-state index in [9.17, 15) is 32.6 Å². The first-order valence-corrected chi connectivity index (χ1v) is 9.53. The zero-order valence-corrected chi connectivity index (χ0v) is 17.2. The fourth-order valence-corrected chi connectivity index (χ4v) is 3.59. The number of benzene rings is 2. The Kier molecular flexibility index (Phi) is 6.01. The van der Waals surface area contributed by atoms with Gasteiger partial charge in [0.2, 0.25) is 0 Å². The summed E-state index contributed by atoms with van der Waals surface area (Å²) in [5.74, 6) is -3.18. The highest BCUT2D eigenvalue weighted by Crippen LogP contribution is 2.49. The van der Waals surface area contributed by atoms with Gasteiger partial charge in [-0.3, -0.25) is 4.79 Å². The number of fused-ring (bicyclic) bond motifs is 1. The van der Waals surface area contributed by atoms with Crippen LogP contribution in [-0.2, 0) is 7.05 Å². The molecule has 0 fully saturated rings. The van der Waals surface area contributed by atoms with Crippen LogP contribution in [0, 0.1) is 11.7 Å². The van der Waals surface area contributed by atoms with Crippen molar-refractivity contribution in [1.82, 2.24) is 9.78 Å². The molecule has 1 aromatic heterocycles. The van der Waals surface area contributed by atoms with E-state index in [1.807, 2.05) is 0 Å². The number of hydrogen-bond donors (Lipinski definition) is 3. The lowest BCUT2D eigenvalue weighted by molar-refractivity contribution is -0.279. The highest BCUT2D eigenvalue weighted by atomic mass is 19.4. The smallest absolute Gasteiger partial charge is 0.420 e. The van der Waals surface area contributed by atoms with Gasteiger partial charge >= 0.3 is 6.18 Å². The van der Waals surface area contributed by atoms with E-state index in [1.54, 1.807) is 0 Å². The minimum absolute atomic E-state index is 0.0559. The van der Waals surface area contributed by atoms with E-state index < -0.39 is 46.4 Å². The van der Waals surface area contributed by atoms with Crippen LogP contribution in [0.1, 0.15) is 18.5 Å². The second kappa shape index (κ2) is 8.27. The lowest BCUT2D eigenvalue weighted by Crippen LogP contribution is -2.56. The van der Waals surface area contributed by atoms with E-state index >= 15 is 0 Å². The van der Waals surface area contributed by atoms with Crippen LogP contribution in [0.25, 0.3) is 10.8 Å². The van der Waals surface area contributed by atoms with Crippen molar-refractivity contribution in [1.29, 1.82) is 0 Å². The molecule has 3 atom stereocenters. The molecule has 0 bridgehead atoms. The van der Waals surface area contributed by atoms with Gasteiger partial charge in [0.15, 0.2) is 5.60 Å². The van der Waals surface area contributed by atoms with E-state index in [-0.39, 0.29) is 16.5 Å². The van der Waals surface area contributed by atoms with Crippen LogP contribution in [0.5, 0.6) is 5.75 Å². The second-order valence-corrected chi connectivity index (χ2v) is 7.47. The molecule has 0 amide bonds. The Balaban J connectivity index is 2.29. The summed E-state index contributed by atoms with van der Waals surface area (Å²) in [6, 6.07) is 4.84. The maximum Gasteiger partial charge on any atom is 0.420 e. The minimum atomic E-state index is -5.18. The van der Waals surface area contributed by atoms with Gasteiger partial charge in [-0.15, -0.1) is 6.58 Å². The van der Waals surface area contributed by atoms with Gasteiger partial charge in [0.1, 0.15) is 11.6 Å². The fourth-order valence-electron chi connectivity index (χ4n) is 3.59. The summed E-state index contributed by atoms with van der Waals surface area (Å²) in [5.41, 5.74) is -4.27. The molecule has 10 heteroatoms.